The molecule has 0 heteroatoms. The van der Waals surface area contributed by atoms with E-state index >= 15 is 0 Å². The molecular formula is C18H24. The molecule has 4 rings (SSSR count). The summed E-state index contributed by atoms with van der Waals surface area (Å²) in [4.78, 5) is 0. The molecule has 0 unspecified atom stereocenters. The summed E-state index contributed by atoms with van der Waals surface area (Å²) in [6.45, 7) is 2.55. The largest absolute Gasteiger partial charge is 0.0842 e. The Morgan fingerprint density at radius 1 is 1.22 bits per heavy atom. The Hall–Kier alpha value is -0.780. The van der Waals surface area contributed by atoms with E-state index in [1.54, 1.807) is 5.57 Å². The SMILES string of the molecule is C[C@]12CC=C3[C@H]4CCC=CC4=CC[C@H]3[C@@H]1CCC2. The Morgan fingerprint density at radius 3 is 3.11 bits per heavy atom. The molecule has 0 bridgehead atoms. The van der Waals surface area contributed by atoms with Crippen molar-refractivity contribution in [1.82, 2.24) is 0 Å². The van der Waals surface area contributed by atoms with Gasteiger partial charge >= 0.3 is 0 Å². The Labute approximate surface area is 111 Å². The standard InChI is InChI=1S/C18H24/c1-18-11-4-7-17(18)16-9-8-13-5-2-3-6-14(13)15(16)10-12-18/h2,5,8,10,14,16-17H,3-4,6-7,9,11-12H2,1H3/t14-,16+,17-,18-/m0/s1. The zero-order valence-corrected chi connectivity index (χ0v) is 11.5. The van der Waals surface area contributed by atoms with Crippen molar-refractivity contribution >= 4 is 0 Å². The lowest BCUT2D eigenvalue weighted by Gasteiger charge is -2.46. The summed E-state index contributed by atoms with van der Waals surface area (Å²) in [5.41, 5.74) is 4.11. The Balaban J connectivity index is 1.73. The number of rotatable bonds is 0. The van der Waals surface area contributed by atoms with Crippen molar-refractivity contribution in [2.75, 3.05) is 0 Å². The summed E-state index contributed by atoms with van der Waals surface area (Å²) in [7, 11) is 0. The first-order chi connectivity index (χ1) is 8.78. The van der Waals surface area contributed by atoms with Crippen molar-refractivity contribution in [1.29, 1.82) is 0 Å². The number of fused-ring (bicyclic) bond motifs is 5. The van der Waals surface area contributed by atoms with Gasteiger partial charge in [-0.3, -0.25) is 0 Å². The fraction of sp³-hybridized carbons (Fsp3) is 0.667. The zero-order valence-electron chi connectivity index (χ0n) is 11.5. The number of hydrogen-bond donors (Lipinski definition) is 0. The molecule has 0 N–H and O–H groups in total. The van der Waals surface area contributed by atoms with E-state index in [-0.39, 0.29) is 0 Å². The molecule has 0 aromatic carbocycles. The van der Waals surface area contributed by atoms with Crippen LogP contribution in [0, 0.1) is 23.2 Å². The molecule has 0 nitrogen and oxygen atoms in total. The molecule has 4 atom stereocenters. The van der Waals surface area contributed by atoms with Crippen LogP contribution in [-0.4, -0.2) is 0 Å². The van der Waals surface area contributed by atoms with Crippen molar-refractivity contribution < 1.29 is 0 Å². The van der Waals surface area contributed by atoms with E-state index in [1.165, 1.54) is 44.9 Å². The maximum absolute atomic E-state index is 2.66. The molecule has 0 aromatic heterocycles. The summed E-state index contributed by atoms with van der Waals surface area (Å²) < 4.78 is 0. The van der Waals surface area contributed by atoms with E-state index in [2.05, 4.69) is 31.2 Å². The lowest BCUT2D eigenvalue weighted by molar-refractivity contribution is 0.150. The van der Waals surface area contributed by atoms with Gasteiger partial charge in [-0.05, 0) is 61.3 Å². The minimum Gasteiger partial charge on any atom is -0.0842 e. The maximum atomic E-state index is 2.66. The molecule has 0 heterocycles. The van der Waals surface area contributed by atoms with Crippen LogP contribution in [-0.2, 0) is 0 Å². The van der Waals surface area contributed by atoms with E-state index in [9.17, 15) is 0 Å². The maximum Gasteiger partial charge on any atom is 0.00508 e. The van der Waals surface area contributed by atoms with Crippen molar-refractivity contribution in [3.8, 4) is 0 Å². The molecule has 18 heavy (non-hydrogen) atoms. The van der Waals surface area contributed by atoms with Gasteiger partial charge in [0.15, 0.2) is 0 Å². The topological polar surface area (TPSA) is 0 Å². The first-order valence-corrected chi connectivity index (χ1v) is 7.84. The molecule has 0 aliphatic heterocycles. The molecule has 0 aromatic rings. The third-order valence-corrected chi connectivity index (χ3v) is 6.22. The molecule has 0 radical (unpaired) electrons. The highest BCUT2D eigenvalue weighted by Gasteiger charge is 2.47. The van der Waals surface area contributed by atoms with Gasteiger partial charge in [-0.1, -0.05) is 43.2 Å². The third-order valence-electron chi connectivity index (χ3n) is 6.22. The van der Waals surface area contributed by atoms with Gasteiger partial charge in [0.1, 0.15) is 0 Å². The van der Waals surface area contributed by atoms with Crippen molar-refractivity contribution in [3.05, 3.63) is 35.5 Å². The van der Waals surface area contributed by atoms with Crippen LogP contribution < -0.4 is 0 Å². The molecule has 96 valence electrons. The van der Waals surface area contributed by atoms with Crippen molar-refractivity contribution in [2.24, 2.45) is 23.2 Å². The van der Waals surface area contributed by atoms with Gasteiger partial charge in [-0.15, -0.1) is 0 Å². The van der Waals surface area contributed by atoms with Gasteiger partial charge in [0.2, 0.25) is 0 Å². The summed E-state index contributed by atoms with van der Waals surface area (Å²) in [5, 5.41) is 0. The summed E-state index contributed by atoms with van der Waals surface area (Å²) in [6.07, 6.45) is 19.7. The third kappa shape index (κ3) is 1.44. The van der Waals surface area contributed by atoms with Gasteiger partial charge in [0, 0.05) is 5.92 Å². The molecule has 0 amide bonds. The molecule has 0 saturated heterocycles. The van der Waals surface area contributed by atoms with Crippen LogP contribution >= 0.6 is 0 Å². The summed E-state index contributed by atoms with van der Waals surface area (Å²) in [5.74, 6) is 2.67. The van der Waals surface area contributed by atoms with E-state index in [1.807, 2.05) is 5.57 Å². The highest BCUT2D eigenvalue weighted by Crippen LogP contribution is 2.58. The average molecular weight is 240 g/mol. The Kier molecular flexibility index (Phi) is 2.37. The minimum absolute atomic E-state index is 0.643. The first-order valence-electron chi connectivity index (χ1n) is 7.84. The van der Waals surface area contributed by atoms with Crippen molar-refractivity contribution in [2.45, 2.75) is 51.9 Å². The molecule has 1 saturated carbocycles. The van der Waals surface area contributed by atoms with Gasteiger partial charge < -0.3 is 0 Å². The van der Waals surface area contributed by atoms with Crippen LogP contribution in [0.5, 0.6) is 0 Å². The van der Waals surface area contributed by atoms with Gasteiger partial charge in [0.05, 0.1) is 0 Å². The van der Waals surface area contributed by atoms with Gasteiger partial charge in [-0.2, -0.15) is 0 Å². The molecule has 1 fully saturated rings. The van der Waals surface area contributed by atoms with E-state index < -0.39 is 0 Å². The van der Waals surface area contributed by atoms with E-state index in [0.29, 0.717) is 5.41 Å². The average Bonchev–Trinajstić information content (AvgIpc) is 2.80. The highest BCUT2D eigenvalue weighted by atomic mass is 14.5. The lowest BCUT2D eigenvalue weighted by atomic mass is 9.58. The van der Waals surface area contributed by atoms with E-state index in [4.69, 9.17) is 0 Å². The van der Waals surface area contributed by atoms with Crippen LogP contribution in [0.3, 0.4) is 0 Å². The second kappa shape index (κ2) is 3.85. The summed E-state index contributed by atoms with van der Waals surface area (Å²) >= 11 is 0. The predicted molar refractivity (Wildman–Crippen MR) is 76.2 cm³/mol. The predicted octanol–water partition coefficient (Wildman–Crippen LogP) is 5.04. The molecule has 4 aliphatic carbocycles. The molecule has 0 spiro atoms. The normalized spacial score (nSPS) is 45.7. The number of hydrogen-bond acceptors (Lipinski definition) is 0. The minimum atomic E-state index is 0.643. The van der Waals surface area contributed by atoms with Gasteiger partial charge in [-0.25, -0.2) is 0 Å². The highest BCUT2D eigenvalue weighted by molar-refractivity contribution is 5.39. The molecular weight excluding hydrogens is 216 g/mol. The smallest absolute Gasteiger partial charge is 0.00508 e. The zero-order chi connectivity index (χ0) is 12.2. The Bertz CT molecular complexity index is 451. The van der Waals surface area contributed by atoms with Gasteiger partial charge in [0.25, 0.3) is 0 Å². The quantitative estimate of drug-likeness (QED) is 0.521. The lowest BCUT2D eigenvalue weighted by Crippen LogP contribution is -2.36. The van der Waals surface area contributed by atoms with E-state index in [0.717, 1.165) is 17.8 Å². The summed E-state index contributed by atoms with van der Waals surface area (Å²) in [6, 6.07) is 0. The second-order valence-corrected chi connectivity index (χ2v) is 7.14. The Morgan fingerprint density at radius 2 is 2.17 bits per heavy atom. The second-order valence-electron chi connectivity index (χ2n) is 7.14. The van der Waals surface area contributed by atoms with Crippen LogP contribution in [0.2, 0.25) is 0 Å². The first kappa shape index (κ1) is 11.1. The number of allylic oxidation sites excluding steroid dienone is 6. The monoisotopic (exact) mass is 240 g/mol. The van der Waals surface area contributed by atoms with Crippen molar-refractivity contribution in [3.63, 3.8) is 0 Å². The fourth-order valence-electron chi connectivity index (χ4n) is 5.23. The fourth-order valence-corrected chi connectivity index (χ4v) is 5.23. The van der Waals surface area contributed by atoms with Crippen LogP contribution in [0.4, 0.5) is 0 Å². The van der Waals surface area contributed by atoms with Crippen LogP contribution in [0.1, 0.15) is 51.9 Å². The van der Waals surface area contributed by atoms with Crippen LogP contribution in [0.25, 0.3) is 0 Å². The molecule has 4 aliphatic rings. The van der Waals surface area contributed by atoms with Crippen LogP contribution in [0.15, 0.2) is 35.5 Å².